The number of rotatable bonds is 11. The van der Waals surface area contributed by atoms with Gasteiger partial charge in [-0.05, 0) is 62.7 Å². The van der Waals surface area contributed by atoms with Gasteiger partial charge in [0.05, 0.1) is 17.7 Å². The van der Waals surface area contributed by atoms with Gasteiger partial charge in [-0.3, -0.25) is 13.9 Å². The minimum Gasteiger partial charge on any atom is -0.495 e. The molecule has 0 saturated heterocycles. The third-order valence-corrected chi connectivity index (χ3v) is 8.01. The molecule has 3 aromatic carbocycles. The molecule has 0 unspecified atom stereocenters. The summed E-state index contributed by atoms with van der Waals surface area (Å²) in [4.78, 5) is 28.0. The topological polar surface area (TPSA) is 96.0 Å². The number of sulfonamides is 1. The summed E-state index contributed by atoms with van der Waals surface area (Å²) in [5, 5.41) is 3.22. The standard InChI is InChI=1S/C28H32ClN3O5S/c1-5-30-28(34)21(3)31(18-22-9-8-10-23(29)17-22)27(33)19-32(25-11-6-7-12-26(25)37-4)38(35,36)24-15-13-20(2)14-16-24/h6-17,21H,5,18-19H2,1-4H3,(H,30,34)/t21-/m0/s1. The van der Waals surface area contributed by atoms with E-state index in [2.05, 4.69) is 5.32 Å². The van der Waals surface area contributed by atoms with Gasteiger partial charge in [0.2, 0.25) is 11.8 Å². The zero-order valence-corrected chi connectivity index (χ0v) is 23.4. The van der Waals surface area contributed by atoms with Crippen LogP contribution in [-0.4, -0.2) is 51.4 Å². The molecule has 0 heterocycles. The van der Waals surface area contributed by atoms with Crippen molar-refractivity contribution in [3.63, 3.8) is 0 Å². The first-order valence-electron chi connectivity index (χ1n) is 12.1. The van der Waals surface area contributed by atoms with E-state index in [0.717, 1.165) is 9.87 Å². The summed E-state index contributed by atoms with van der Waals surface area (Å²) in [5.41, 5.74) is 1.80. The smallest absolute Gasteiger partial charge is 0.264 e. The highest BCUT2D eigenvalue weighted by atomic mass is 35.5. The number of hydrogen-bond acceptors (Lipinski definition) is 5. The average Bonchev–Trinajstić information content (AvgIpc) is 2.90. The van der Waals surface area contributed by atoms with E-state index in [1.165, 1.54) is 24.1 Å². The Morgan fingerprint density at radius 2 is 1.71 bits per heavy atom. The lowest BCUT2D eigenvalue weighted by molar-refractivity contribution is -0.139. The molecule has 10 heteroatoms. The van der Waals surface area contributed by atoms with Gasteiger partial charge in [-0.25, -0.2) is 8.42 Å². The predicted molar refractivity (Wildman–Crippen MR) is 149 cm³/mol. The number of methoxy groups -OCH3 is 1. The van der Waals surface area contributed by atoms with Crippen LogP contribution in [0.2, 0.25) is 5.02 Å². The van der Waals surface area contributed by atoms with Gasteiger partial charge >= 0.3 is 0 Å². The van der Waals surface area contributed by atoms with E-state index in [-0.39, 0.29) is 28.8 Å². The first kappa shape index (κ1) is 29.0. The Balaban J connectivity index is 2.07. The van der Waals surface area contributed by atoms with Gasteiger partial charge in [0.15, 0.2) is 0 Å². The van der Waals surface area contributed by atoms with Crippen LogP contribution in [0, 0.1) is 6.92 Å². The number of benzene rings is 3. The van der Waals surface area contributed by atoms with Crippen LogP contribution in [0.3, 0.4) is 0 Å². The molecule has 38 heavy (non-hydrogen) atoms. The molecular weight excluding hydrogens is 526 g/mol. The summed E-state index contributed by atoms with van der Waals surface area (Å²) in [6.07, 6.45) is 0. The number of nitrogens with zero attached hydrogens (tertiary/aromatic N) is 2. The van der Waals surface area contributed by atoms with E-state index in [1.54, 1.807) is 74.5 Å². The zero-order valence-electron chi connectivity index (χ0n) is 21.8. The number of halogens is 1. The van der Waals surface area contributed by atoms with Crippen molar-refractivity contribution >= 4 is 39.1 Å². The normalized spacial score (nSPS) is 11.9. The molecule has 0 aliphatic heterocycles. The van der Waals surface area contributed by atoms with E-state index in [1.807, 2.05) is 6.92 Å². The second kappa shape index (κ2) is 12.8. The fourth-order valence-corrected chi connectivity index (χ4v) is 5.56. The van der Waals surface area contributed by atoms with Gasteiger partial charge in [0.25, 0.3) is 10.0 Å². The largest absolute Gasteiger partial charge is 0.495 e. The van der Waals surface area contributed by atoms with Gasteiger partial charge in [-0.2, -0.15) is 0 Å². The van der Waals surface area contributed by atoms with Crippen LogP contribution in [0.1, 0.15) is 25.0 Å². The molecule has 1 atom stereocenters. The van der Waals surface area contributed by atoms with E-state index in [0.29, 0.717) is 17.1 Å². The van der Waals surface area contributed by atoms with Gasteiger partial charge in [0.1, 0.15) is 18.3 Å². The molecule has 0 spiro atoms. The lowest BCUT2D eigenvalue weighted by atomic mass is 10.1. The van der Waals surface area contributed by atoms with Crippen LogP contribution in [0.4, 0.5) is 5.69 Å². The lowest BCUT2D eigenvalue weighted by Crippen LogP contribution is -2.51. The van der Waals surface area contributed by atoms with Crippen LogP contribution in [-0.2, 0) is 26.2 Å². The Bertz CT molecular complexity index is 1380. The second-order valence-corrected chi connectivity index (χ2v) is 11.0. The third kappa shape index (κ3) is 6.85. The molecule has 0 bridgehead atoms. The molecule has 0 aliphatic rings. The first-order valence-corrected chi connectivity index (χ1v) is 13.9. The maximum absolute atomic E-state index is 13.9. The molecule has 2 amide bonds. The Kier molecular flexibility index (Phi) is 9.77. The van der Waals surface area contributed by atoms with E-state index >= 15 is 0 Å². The molecule has 0 aliphatic carbocycles. The number of carbonyl (C=O) groups is 2. The molecule has 0 aromatic heterocycles. The Labute approximate surface area is 229 Å². The minimum absolute atomic E-state index is 0.0278. The minimum atomic E-state index is -4.18. The number of anilines is 1. The summed E-state index contributed by atoms with van der Waals surface area (Å²) in [7, 11) is -2.75. The molecule has 3 rings (SSSR count). The number of likely N-dealkylation sites (N-methyl/N-ethyl adjacent to an activating group) is 1. The van der Waals surface area contributed by atoms with Gasteiger partial charge in [0, 0.05) is 18.1 Å². The molecule has 0 radical (unpaired) electrons. The number of hydrogen-bond donors (Lipinski definition) is 1. The van der Waals surface area contributed by atoms with Crippen molar-refractivity contribution in [3.05, 3.63) is 88.9 Å². The van der Waals surface area contributed by atoms with E-state index in [4.69, 9.17) is 16.3 Å². The van der Waals surface area contributed by atoms with E-state index in [9.17, 15) is 18.0 Å². The highest BCUT2D eigenvalue weighted by molar-refractivity contribution is 7.92. The van der Waals surface area contributed by atoms with Crippen molar-refractivity contribution in [2.24, 2.45) is 0 Å². The third-order valence-electron chi connectivity index (χ3n) is 6.00. The average molecular weight is 558 g/mol. The van der Waals surface area contributed by atoms with Crippen molar-refractivity contribution in [2.75, 3.05) is 24.5 Å². The summed E-state index contributed by atoms with van der Waals surface area (Å²) < 4.78 is 34.2. The summed E-state index contributed by atoms with van der Waals surface area (Å²) in [6.45, 7) is 5.13. The molecular formula is C28H32ClN3O5S. The van der Waals surface area contributed by atoms with Gasteiger partial charge in [-0.15, -0.1) is 0 Å². The number of aryl methyl sites for hydroxylation is 1. The van der Waals surface area contributed by atoms with Crippen LogP contribution in [0.25, 0.3) is 0 Å². The van der Waals surface area contributed by atoms with Gasteiger partial charge in [-0.1, -0.05) is 53.6 Å². The van der Waals surface area contributed by atoms with E-state index < -0.39 is 28.5 Å². The Morgan fingerprint density at radius 1 is 1.03 bits per heavy atom. The molecule has 202 valence electrons. The quantitative estimate of drug-likeness (QED) is 0.377. The number of carbonyl (C=O) groups excluding carboxylic acids is 2. The SMILES string of the molecule is CCNC(=O)[C@H](C)N(Cc1cccc(Cl)c1)C(=O)CN(c1ccccc1OC)S(=O)(=O)c1ccc(C)cc1. The maximum Gasteiger partial charge on any atom is 0.264 e. The predicted octanol–water partition coefficient (Wildman–Crippen LogP) is 4.41. The summed E-state index contributed by atoms with van der Waals surface area (Å²) in [5.74, 6) is -0.632. The zero-order chi connectivity index (χ0) is 27.9. The molecule has 0 saturated carbocycles. The highest BCUT2D eigenvalue weighted by Gasteiger charge is 2.33. The summed E-state index contributed by atoms with van der Waals surface area (Å²) in [6, 6.07) is 19.0. The number of para-hydroxylation sites is 2. The molecule has 0 fully saturated rings. The Morgan fingerprint density at radius 3 is 2.34 bits per heavy atom. The first-order chi connectivity index (χ1) is 18.1. The summed E-state index contributed by atoms with van der Waals surface area (Å²) >= 11 is 6.15. The fraction of sp³-hybridized carbons (Fsp3) is 0.286. The van der Waals surface area contributed by atoms with Crippen LogP contribution >= 0.6 is 11.6 Å². The van der Waals surface area contributed by atoms with Gasteiger partial charge < -0.3 is 15.0 Å². The van der Waals surface area contributed by atoms with Crippen molar-refractivity contribution in [2.45, 2.75) is 38.3 Å². The lowest BCUT2D eigenvalue weighted by Gasteiger charge is -2.32. The number of ether oxygens (including phenoxy) is 1. The highest BCUT2D eigenvalue weighted by Crippen LogP contribution is 2.32. The number of amides is 2. The van der Waals surface area contributed by atoms with Crippen LogP contribution in [0.15, 0.2) is 77.7 Å². The Hall–Kier alpha value is -3.56. The van der Waals surface area contributed by atoms with Crippen molar-refractivity contribution < 1.29 is 22.7 Å². The van der Waals surface area contributed by atoms with Crippen LogP contribution < -0.4 is 14.4 Å². The molecule has 8 nitrogen and oxygen atoms in total. The molecule has 3 aromatic rings. The molecule has 1 N–H and O–H groups in total. The van der Waals surface area contributed by atoms with Crippen molar-refractivity contribution in [1.29, 1.82) is 0 Å². The number of nitrogens with one attached hydrogen (secondary N) is 1. The van der Waals surface area contributed by atoms with Crippen LogP contribution in [0.5, 0.6) is 5.75 Å². The van der Waals surface area contributed by atoms with Crippen molar-refractivity contribution in [1.82, 2.24) is 10.2 Å². The maximum atomic E-state index is 13.9. The van der Waals surface area contributed by atoms with Crippen molar-refractivity contribution in [3.8, 4) is 5.75 Å². The second-order valence-electron chi connectivity index (χ2n) is 8.72. The monoisotopic (exact) mass is 557 g/mol. The fourth-order valence-electron chi connectivity index (χ4n) is 3.92.